The van der Waals surface area contributed by atoms with Crippen molar-refractivity contribution >= 4 is 29.2 Å². The number of benzene rings is 1. The molecule has 0 heterocycles. The fourth-order valence-corrected chi connectivity index (χ4v) is 1.73. The number of anilines is 1. The Morgan fingerprint density at radius 2 is 1.89 bits per heavy atom. The second-order valence-corrected chi connectivity index (χ2v) is 4.80. The van der Waals surface area contributed by atoms with Crippen LogP contribution in [0.5, 0.6) is 0 Å². The standard InChI is InChI=1S/C13H18ClN3O2/c1-3-8(2)11(17-13(15)19)12(18)16-10-6-4-9(14)5-7-10/h4-8,11H,3H2,1-2H3,(H,16,18)(H3,15,17,19)/t8-,11-/m0/s1. The van der Waals surface area contributed by atoms with Crippen molar-refractivity contribution in [2.45, 2.75) is 26.3 Å². The summed E-state index contributed by atoms with van der Waals surface area (Å²) in [5, 5.41) is 5.77. The van der Waals surface area contributed by atoms with E-state index in [1.165, 1.54) is 0 Å². The molecule has 0 aromatic heterocycles. The number of nitrogens with one attached hydrogen (secondary N) is 2. The Bertz CT molecular complexity index is 448. The van der Waals surface area contributed by atoms with Crippen molar-refractivity contribution in [3.8, 4) is 0 Å². The average molecular weight is 284 g/mol. The molecular formula is C13H18ClN3O2. The highest BCUT2D eigenvalue weighted by atomic mass is 35.5. The van der Waals surface area contributed by atoms with Crippen molar-refractivity contribution in [3.63, 3.8) is 0 Å². The second-order valence-electron chi connectivity index (χ2n) is 4.37. The second kappa shape index (κ2) is 6.99. The third-order valence-corrected chi connectivity index (χ3v) is 3.16. The van der Waals surface area contributed by atoms with E-state index in [1.54, 1.807) is 24.3 Å². The van der Waals surface area contributed by atoms with E-state index >= 15 is 0 Å². The van der Waals surface area contributed by atoms with Gasteiger partial charge in [-0.2, -0.15) is 0 Å². The number of carbonyl (C=O) groups is 2. The van der Waals surface area contributed by atoms with Gasteiger partial charge in [0.15, 0.2) is 0 Å². The van der Waals surface area contributed by atoms with Gasteiger partial charge in [0.2, 0.25) is 5.91 Å². The van der Waals surface area contributed by atoms with Gasteiger partial charge in [-0.25, -0.2) is 4.79 Å². The van der Waals surface area contributed by atoms with Crippen LogP contribution < -0.4 is 16.4 Å². The van der Waals surface area contributed by atoms with Gasteiger partial charge in [-0.1, -0.05) is 31.9 Å². The first-order chi connectivity index (χ1) is 8.93. The Balaban J connectivity index is 2.76. The predicted molar refractivity (Wildman–Crippen MR) is 76.0 cm³/mol. The van der Waals surface area contributed by atoms with Crippen LogP contribution in [-0.2, 0) is 4.79 Å². The number of amides is 3. The molecule has 0 aliphatic rings. The smallest absolute Gasteiger partial charge is 0.312 e. The van der Waals surface area contributed by atoms with E-state index in [1.807, 2.05) is 13.8 Å². The van der Waals surface area contributed by atoms with Crippen molar-refractivity contribution in [1.29, 1.82) is 0 Å². The van der Waals surface area contributed by atoms with Gasteiger partial charge in [0.1, 0.15) is 6.04 Å². The molecule has 0 radical (unpaired) electrons. The normalized spacial score (nSPS) is 13.4. The highest BCUT2D eigenvalue weighted by molar-refractivity contribution is 6.30. The summed E-state index contributed by atoms with van der Waals surface area (Å²) in [6.07, 6.45) is 0.749. The molecular weight excluding hydrogens is 266 g/mol. The van der Waals surface area contributed by atoms with Crippen LogP contribution in [-0.4, -0.2) is 18.0 Å². The molecule has 3 amide bonds. The summed E-state index contributed by atoms with van der Waals surface area (Å²) in [6, 6.07) is 5.37. The zero-order valence-corrected chi connectivity index (χ0v) is 11.7. The molecule has 19 heavy (non-hydrogen) atoms. The Hall–Kier alpha value is -1.75. The summed E-state index contributed by atoms with van der Waals surface area (Å²) < 4.78 is 0. The van der Waals surface area contributed by atoms with Crippen LogP contribution in [0.4, 0.5) is 10.5 Å². The summed E-state index contributed by atoms with van der Waals surface area (Å²) in [7, 11) is 0. The molecule has 0 saturated carbocycles. The maximum Gasteiger partial charge on any atom is 0.312 e. The molecule has 0 fully saturated rings. The van der Waals surface area contributed by atoms with Crippen molar-refractivity contribution < 1.29 is 9.59 Å². The fraction of sp³-hybridized carbons (Fsp3) is 0.385. The summed E-state index contributed by atoms with van der Waals surface area (Å²) in [5.41, 5.74) is 5.71. The lowest BCUT2D eigenvalue weighted by atomic mass is 9.98. The van der Waals surface area contributed by atoms with E-state index in [4.69, 9.17) is 17.3 Å². The lowest BCUT2D eigenvalue weighted by molar-refractivity contribution is -0.119. The van der Waals surface area contributed by atoms with Crippen LogP contribution in [0.15, 0.2) is 24.3 Å². The third kappa shape index (κ3) is 4.79. The minimum Gasteiger partial charge on any atom is -0.352 e. The van der Waals surface area contributed by atoms with E-state index in [2.05, 4.69) is 10.6 Å². The van der Waals surface area contributed by atoms with Gasteiger partial charge in [0, 0.05) is 10.7 Å². The first-order valence-electron chi connectivity index (χ1n) is 6.06. The highest BCUT2D eigenvalue weighted by Gasteiger charge is 2.25. The first-order valence-corrected chi connectivity index (χ1v) is 6.44. The molecule has 0 saturated heterocycles. The number of hydrogen-bond donors (Lipinski definition) is 3. The van der Waals surface area contributed by atoms with E-state index in [0.29, 0.717) is 10.7 Å². The van der Waals surface area contributed by atoms with Gasteiger partial charge >= 0.3 is 6.03 Å². The number of nitrogens with two attached hydrogens (primary N) is 1. The van der Waals surface area contributed by atoms with Crippen LogP contribution >= 0.6 is 11.6 Å². The van der Waals surface area contributed by atoms with Gasteiger partial charge in [-0.15, -0.1) is 0 Å². The van der Waals surface area contributed by atoms with Gasteiger partial charge in [0.25, 0.3) is 0 Å². The van der Waals surface area contributed by atoms with Crippen molar-refractivity contribution in [2.75, 3.05) is 5.32 Å². The summed E-state index contributed by atoms with van der Waals surface area (Å²) in [5.74, 6) is -0.310. The minimum atomic E-state index is -0.712. The zero-order valence-electron chi connectivity index (χ0n) is 10.9. The molecule has 0 aliphatic carbocycles. The number of primary amides is 1. The van der Waals surface area contributed by atoms with Gasteiger partial charge in [0.05, 0.1) is 0 Å². The summed E-state index contributed by atoms with van der Waals surface area (Å²) in [6.45, 7) is 3.82. The first kappa shape index (κ1) is 15.3. The van der Waals surface area contributed by atoms with Crippen LogP contribution in [0.2, 0.25) is 5.02 Å². The molecule has 0 unspecified atom stereocenters. The molecule has 1 rings (SSSR count). The Morgan fingerprint density at radius 1 is 1.32 bits per heavy atom. The Labute approximate surface area is 117 Å². The van der Waals surface area contributed by atoms with Crippen molar-refractivity contribution in [2.24, 2.45) is 11.7 Å². The summed E-state index contributed by atoms with van der Waals surface area (Å²) in [4.78, 5) is 23.1. The Morgan fingerprint density at radius 3 is 2.37 bits per heavy atom. The van der Waals surface area contributed by atoms with Gasteiger partial charge in [-0.05, 0) is 30.2 Å². The quantitative estimate of drug-likeness (QED) is 0.775. The topological polar surface area (TPSA) is 84.2 Å². The molecule has 6 heteroatoms. The lowest BCUT2D eigenvalue weighted by Gasteiger charge is -2.22. The molecule has 0 bridgehead atoms. The van der Waals surface area contributed by atoms with Gasteiger partial charge in [-0.3, -0.25) is 4.79 Å². The Kier molecular flexibility index (Phi) is 5.63. The molecule has 1 aromatic carbocycles. The van der Waals surface area contributed by atoms with Crippen LogP contribution in [0, 0.1) is 5.92 Å². The van der Waals surface area contributed by atoms with E-state index < -0.39 is 12.1 Å². The number of urea groups is 1. The van der Waals surface area contributed by atoms with Crippen LogP contribution in [0.25, 0.3) is 0 Å². The number of hydrogen-bond acceptors (Lipinski definition) is 2. The van der Waals surface area contributed by atoms with E-state index in [9.17, 15) is 9.59 Å². The monoisotopic (exact) mass is 283 g/mol. The minimum absolute atomic E-state index is 0.0141. The van der Waals surface area contributed by atoms with E-state index in [-0.39, 0.29) is 11.8 Å². The fourth-order valence-electron chi connectivity index (χ4n) is 1.61. The number of carbonyl (C=O) groups excluding carboxylic acids is 2. The molecule has 0 aliphatic heterocycles. The molecule has 5 nitrogen and oxygen atoms in total. The zero-order chi connectivity index (χ0) is 14.4. The van der Waals surface area contributed by atoms with Crippen molar-refractivity contribution in [3.05, 3.63) is 29.3 Å². The number of halogens is 1. The SMILES string of the molecule is CC[C@H](C)[C@H](NC(N)=O)C(=O)Nc1ccc(Cl)cc1. The lowest BCUT2D eigenvalue weighted by Crippen LogP contribution is -2.49. The average Bonchev–Trinajstić information content (AvgIpc) is 2.37. The number of rotatable bonds is 5. The molecule has 4 N–H and O–H groups in total. The van der Waals surface area contributed by atoms with Crippen LogP contribution in [0.3, 0.4) is 0 Å². The maximum atomic E-state index is 12.1. The van der Waals surface area contributed by atoms with Crippen molar-refractivity contribution in [1.82, 2.24) is 5.32 Å². The molecule has 2 atom stereocenters. The highest BCUT2D eigenvalue weighted by Crippen LogP contribution is 2.15. The predicted octanol–water partition coefficient (Wildman–Crippen LogP) is 2.36. The third-order valence-electron chi connectivity index (χ3n) is 2.90. The summed E-state index contributed by atoms with van der Waals surface area (Å²) >= 11 is 5.77. The van der Waals surface area contributed by atoms with E-state index in [0.717, 1.165) is 6.42 Å². The molecule has 1 aromatic rings. The van der Waals surface area contributed by atoms with Gasteiger partial charge < -0.3 is 16.4 Å². The molecule has 104 valence electrons. The molecule has 0 spiro atoms. The largest absolute Gasteiger partial charge is 0.352 e. The maximum absolute atomic E-state index is 12.1. The van der Waals surface area contributed by atoms with Crippen LogP contribution in [0.1, 0.15) is 20.3 Å².